The molecular weight excluding hydrogens is 591 g/mol. The van der Waals surface area contributed by atoms with Crippen LogP contribution in [0.2, 0.25) is 0 Å². The van der Waals surface area contributed by atoms with Crippen LogP contribution < -0.4 is 5.32 Å². The van der Waals surface area contributed by atoms with Crippen molar-refractivity contribution >= 4 is 34.0 Å². The molecule has 0 heterocycles. The number of hydrogen-bond acceptors (Lipinski definition) is 4. The topological polar surface area (TPSA) is 76.7 Å². The van der Waals surface area contributed by atoms with E-state index in [4.69, 9.17) is 0 Å². The highest BCUT2D eigenvalue weighted by Crippen LogP contribution is 2.44. The first-order chi connectivity index (χ1) is 21.4. The Morgan fingerprint density at radius 1 is 1.07 bits per heavy atom. The van der Waals surface area contributed by atoms with Gasteiger partial charge in [-0.15, -0.1) is 0 Å². The van der Waals surface area contributed by atoms with Crippen molar-refractivity contribution in [3.05, 3.63) is 101 Å². The second-order valence-corrected chi connectivity index (χ2v) is 12.5. The number of unbranched alkanes of at least 4 members (excludes halogenated alkanes) is 2. The molecule has 0 radical (unpaired) electrons. The van der Waals surface area contributed by atoms with E-state index in [9.17, 15) is 28.5 Å². The molecule has 0 spiro atoms. The maximum atomic E-state index is 13.5. The number of rotatable bonds is 13. The summed E-state index contributed by atoms with van der Waals surface area (Å²) in [7, 11) is 0. The predicted octanol–water partition coefficient (Wildman–Crippen LogP) is 10.4. The molecule has 0 aliphatic heterocycles. The Hall–Kier alpha value is -4.27. The second-order valence-electron chi connectivity index (χ2n) is 11.4. The van der Waals surface area contributed by atoms with E-state index >= 15 is 0 Å². The number of carbonyl (C=O) groups is 1. The fourth-order valence-corrected chi connectivity index (χ4v) is 5.93. The fraction of sp³-hybridized carbons (Fsp3) is 0.324. The molecule has 8 heteroatoms. The number of carbonyl (C=O) groups excluding carboxylic acids is 1. The van der Waals surface area contributed by atoms with Crippen LogP contribution >= 0.6 is 11.8 Å². The first kappa shape index (κ1) is 35.2. The standard InChI is InChI=1S/C37H38F3N3OS/c1-6-9-11-18-43-35(44)26-14-12-15-30(21-26)45-32-22-29(36(4,5)8-3)20-27-19-28(23-41)31(24-42)33(34(27)32)25(13-10-7-2)16-17-37(38,39)40/h7,10,12-16,19-22H,2,6,8-9,11,17-18H2,1,3-5H3,(H,43,44)/b13-10-,25-16-. The molecule has 0 bridgehead atoms. The highest BCUT2D eigenvalue weighted by molar-refractivity contribution is 7.99. The van der Waals surface area contributed by atoms with Gasteiger partial charge in [-0.25, -0.2) is 0 Å². The van der Waals surface area contributed by atoms with E-state index in [2.05, 4.69) is 51.7 Å². The Morgan fingerprint density at radius 2 is 1.82 bits per heavy atom. The fourth-order valence-electron chi connectivity index (χ4n) is 4.83. The molecule has 3 aromatic carbocycles. The van der Waals surface area contributed by atoms with Crippen LogP contribution in [0, 0.1) is 22.7 Å². The highest BCUT2D eigenvalue weighted by atomic mass is 32.2. The van der Waals surface area contributed by atoms with Crippen molar-refractivity contribution in [1.82, 2.24) is 5.32 Å². The summed E-state index contributed by atoms with van der Waals surface area (Å²) in [4.78, 5) is 14.3. The Kier molecular flexibility index (Phi) is 12.2. The quantitative estimate of drug-likeness (QED) is 0.151. The third-order valence-electron chi connectivity index (χ3n) is 7.74. The first-order valence-electron chi connectivity index (χ1n) is 15.0. The number of halogens is 3. The molecule has 0 aliphatic carbocycles. The average Bonchev–Trinajstić information content (AvgIpc) is 3.01. The number of fused-ring (bicyclic) bond motifs is 1. The van der Waals surface area contributed by atoms with Gasteiger partial charge in [0.1, 0.15) is 12.1 Å². The molecule has 45 heavy (non-hydrogen) atoms. The summed E-state index contributed by atoms with van der Waals surface area (Å²) in [6, 6.07) is 17.0. The third kappa shape index (κ3) is 9.12. The number of nitrogens with zero attached hydrogens (tertiary/aromatic N) is 2. The lowest BCUT2D eigenvalue weighted by molar-refractivity contribution is -0.124. The van der Waals surface area contributed by atoms with Gasteiger partial charge in [0.25, 0.3) is 5.91 Å². The third-order valence-corrected chi connectivity index (χ3v) is 8.77. The van der Waals surface area contributed by atoms with Crippen LogP contribution in [0.1, 0.15) is 92.4 Å². The molecule has 1 N–H and O–H groups in total. The van der Waals surface area contributed by atoms with E-state index in [0.717, 1.165) is 42.2 Å². The van der Waals surface area contributed by atoms with Crippen LogP contribution in [0.15, 0.2) is 83.1 Å². The van der Waals surface area contributed by atoms with Crippen molar-refractivity contribution in [1.29, 1.82) is 10.5 Å². The average molecular weight is 630 g/mol. The zero-order valence-corrected chi connectivity index (χ0v) is 27.0. The predicted molar refractivity (Wildman–Crippen MR) is 177 cm³/mol. The van der Waals surface area contributed by atoms with E-state index in [1.807, 2.05) is 18.2 Å². The smallest absolute Gasteiger partial charge is 0.352 e. The van der Waals surface area contributed by atoms with Crippen LogP contribution in [0.5, 0.6) is 0 Å². The minimum absolute atomic E-state index is 0.00306. The molecule has 0 aliphatic rings. The van der Waals surface area contributed by atoms with Crippen molar-refractivity contribution in [3.8, 4) is 12.1 Å². The van der Waals surface area contributed by atoms with Crippen LogP contribution in [0.25, 0.3) is 16.3 Å². The summed E-state index contributed by atoms with van der Waals surface area (Å²) in [5.74, 6) is -0.183. The largest absolute Gasteiger partial charge is 0.392 e. The van der Waals surface area contributed by atoms with Gasteiger partial charge in [0.15, 0.2) is 0 Å². The van der Waals surface area contributed by atoms with Crippen molar-refractivity contribution in [2.24, 2.45) is 0 Å². The zero-order valence-electron chi connectivity index (χ0n) is 26.1. The molecule has 0 atom stereocenters. The summed E-state index contributed by atoms with van der Waals surface area (Å²) < 4.78 is 40.4. The van der Waals surface area contributed by atoms with E-state index in [1.165, 1.54) is 30.0 Å². The van der Waals surface area contributed by atoms with Gasteiger partial charge < -0.3 is 5.32 Å². The minimum Gasteiger partial charge on any atom is -0.352 e. The number of hydrogen-bond donors (Lipinski definition) is 1. The lowest BCUT2D eigenvalue weighted by atomic mass is 9.80. The van der Waals surface area contributed by atoms with Crippen LogP contribution in [-0.2, 0) is 5.41 Å². The molecule has 3 aromatic rings. The Morgan fingerprint density at radius 3 is 2.44 bits per heavy atom. The van der Waals surface area contributed by atoms with Crippen molar-refractivity contribution in [2.75, 3.05) is 6.54 Å². The minimum atomic E-state index is -4.48. The number of amides is 1. The lowest BCUT2D eigenvalue weighted by Gasteiger charge is -2.26. The zero-order chi connectivity index (χ0) is 33.2. The first-order valence-corrected chi connectivity index (χ1v) is 15.8. The Balaban J connectivity index is 2.36. The van der Waals surface area contributed by atoms with Crippen molar-refractivity contribution in [2.45, 2.75) is 81.2 Å². The number of benzene rings is 3. The molecule has 0 saturated carbocycles. The van der Waals surface area contributed by atoms with Gasteiger partial charge in [-0.3, -0.25) is 4.79 Å². The second kappa shape index (κ2) is 15.6. The van der Waals surface area contributed by atoms with Gasteiger partial charge in [-0.2, -0.15) is 23.7 Å². The molecule has 0 fully saturated rings. The van der Waals surface area contributed by atoms with Crippen molar-refractivity contribution in [3.63, 3.8) is 0 Å². The summed E-state index contributed by atoms with van der Waals surface area (Å²) in [5.41, 5.74) is 1.70. The van der Waals surface area contributed by atoms with Crippen LogP contribution in [0.4, 0.5) is 13.2 Å². The number of alkyl halides is 3. The molecule has 0 aromatic heterocycles. The van der Waals surface area contributed by atoms with Gasteiger partial charge >= 0.3 is 6.18 Å². The molecule has 3 rings (SSSR count). The molecule has 4 nitrogen and oxygen atoms in total. The van der Waals surface area contributed by atoms with E-state index in [-0.39, 0.29) is 33.6 Å². The molecule has 234 valence electrons. The number of nitrogens with one attached hydrogen (secondary N) is 1. The maximum absolute atomic E-state index is 13.5. The summed E-state index contributed by atoms with van der Waals surface area (Å²) in [5, 5.41) is 24.4. The Labute approximate surface area is 268 Å². The summed E-state index contributed by atoms with van der Waals surface area (Å²) in [6.07, 6.45) is 3.56. The van der Waals surface area contributed by atoms with Gasteiger partial charge in [0.2, 0.25) is 0 Å². The molecule has 0 unspecified atom stereocenters. The Bertz CT molecular complexity index is 1710. The maximum Gasteiger partial charge on any atom is 0.392 e. The highest BCUT2D eigenvalue weighted by Gasteiger charge is 2.28. The number of nitriles is 2. The van der Waals surface area contributed by atoms with Gasteiger partial charge in [0, 0.05) is 32.8 Å². The van der Waals surface area contributed by atoms with E-state index in [0.29, 0.717) is 27.8 Å². The number of allylic oxidation sites excluding steroid dienone is 5. The van der Waals surface area contributed by atoms with E-state index in [1.54, 1.807) is 24.3 Å². The normalized spacial score (nSPS) is 12.2. The SMILES string of the molecule is C=C/C=C\C(=C\CC(F)(F)F)c1c(C#N)c(C#N)cc2cc(C(C)(C)CC)cc(Sc3cccc(C(=O)NCCCCC)c3)c12. The lowest BCUT2D eigenvalue weighted by Crippen LogP contribution is -2.24. The van der Waals surface area contributed by atoms with Gasteiger partial charge in [-0.05, 0) is 65.1 Å². The van der Waals surface area contributed by atoms with Gasteiger partial charge in [0.05, 0.1) is 17.5 Å². The van der Waals surface area contributed by atoms with Crippen LogP contribution in [-0.4, -0.2) is 18.6 Å². The molecule has 0 saturated heterocycles. The molecular formula is C37H38F3N3OS. The summed E-state index contributed by atoms with van der Waals surface area (Å²) >= 11 is 1.37. The molecule has 1 amide bonds. The summed E-state index contributed by atoms with van der Waals surface area (Å²) in [6.45, 7) is 12.6. The van der Waals surface area contributed by atoms with E-state index < -0.39 is 12.6 Å². The monoisotopic (exact) mass is 629 g/mol. The van der Waals surface area contributed by atoms with Crippen molar-refractivity contribution < 1.29 is 18.0 Å². The van der Waals surface area contributed by atoms with Crippen LogP contribution in [0.3, 0.4) is 0 Å². The van der Waals surface area contributed by atoms with Gasteiger partial charge in [-0.1, -0.05) is 95.3 Å².